The molecule has 29 heavy (non-hydrogen) atoms. The van der Waals surface area contributed by atoms with Crippen LogP contribution in [0.15, 0.2) is 30.6 Å². The van der Waals surface area contributed by atoms with Crippen molar-refractivity contribution in [2.45, 2.75) is 65.2 Å². The summed E-state index contributed by atoms with van der Waals surface area (Å²) in [4.78, 5) is 27.5. The summed E-state index contributed by atoms with van der Waals surface area (Å²) in [5.74, 6) is -0.624. The average molecular weight is 400 g/mol. The van der Waals surface area contributed by atoms with E-state index in [4.69, 9.17) is 0 Å². The number of hydrogen-bond acceptors (Lipinski definition) is 3. The van der Waals surface area contributed by atoms with Crippen molar-refractivity contribution in [3.8, 4) is 0 Å². The fourth-order valence-corrected chi connectivity index (χ4v) is 6.02. The average Bonchev–Trinajstić information content (AvgIpc) is 2.74. The Morgan fingerprint density at radius 1 is 1.14 bits per heavy atom. The minimum absolute atomic E-state index is 0.0589. The number of nitrogens with zero attached hydrogens (tertiary/aromatic N) is 1. The Morgan fingerprint density at radius 3 is 2.59 bits per heavy atom. The Hall–Kier alpha value is -2.17. The van der Waals surface area contributed by atoms with Crippen molar-refractivity contribution < 1.29 is 19.8 Å². The quantitative estimate of drug-likeness (QED) is 0.704. The van der Waals surface area contributed by atoms with Crippen LogP contribution in [0.1, 0.15) is 70.8 Å². The minimum atomic E-state index is -0.818. The highest BCUT2D eigenvalue weighted by Gasteiger charge is 2.49. The lowest BCUT2D eigenvalue weighted by Crippen LogP contribution is -2.46. The molecule has 0 aromatic carbocycles. The molecule has 5 heteroatoms. The number of aromatic nitrogens is 1. The molecule has 2 N–H and O–H groups in total. The highest BCUT2D eigenvalue weighted by Crippen LogP contribution is 2.55. The molecule has 5 atom stereocenters. The van der Waals surface area contributed by atoms with E-state index >= 15 is 0 Å². The monoisotopic (exact) mass is 399 g/mol. The number of hydrogen-bond donors (Lipinski definition) is 2. The summed E-state index contributed by atoms with van der Waals surface area (Å²) < 4.78 is 0. The zero-order chi connectivity index (χ0) is 21.0. The largest absolute Gasteiger partial charge is 0.481 e. The summed E-state index contributed by atoms with van der Waals surface area (Å²) in [7, 11) is 0. The Labute approximate surface area is 173 Å². The molecule has 0 saturated heterocycles. The molecule has 158 valence electrons. The molecule has 3 rings (SSSR count). The van der Waals surface area contributed by atoms with Gasteiger partial charge in [0, 0.05) is 18.8 Å². The molecule has 2 aliphatic rings. The van der Waals surface area contributed by atoms with Crippen molar-refractivity contribution in [2.24, 2.45) is 29.1 Å². The lowest BCUT2D eigenvalue weighted by atomic mass is 9.53. The molecule has 1 saturated carbocycles. The number of carboxylic acid groups (broad SMARTS) is 2. The maximum Gasteiger partial charge on any atom is 0.303 e. The molecule has 1 aromatic rings. The summed E-state index contributed by atoms with van der Waals surface area (Å²) in [6.07, 6.45) is 11.9. The van der Waals surface area contributed by atoms with Crippen molar-refractivity contribution in [3.05, 3.63) is 36.2 Å². The highest BCUT2D eigenvalue weighted by atomic mass is 16.4. The van der Waals surface area contributed by atoms with Crippen molar-refractivity contribution in [3.63, 3.8) is 0 Å². The Morgan fingerprint density at radius 2 is 1.93 bits per heavy atom. The second-order valence-electron chi connectivity index (χ2n) is 9.27. The van der Waals surface area contributed by atoms with Crippen molar-refractivity contribution in [1.29, 1.82) is 0 Å². The van der Waals surface area contributed by atoms with Gasteiger partial charge in [-0.1, -0.05) is 26.0 Å². The van der Waals surface area contributed by atoms with Crippen LogP contribution in [0.5, 0.6) is 0 Å². The van der Waals surface area contributed by atoms with E-state index in [0.29, 0.717) is 11.8 Å². The molecule has 1 fully saturated rings. The first kappa shape index (κ1) is 21.5. The number of fused-ring (bicyclic) bond motifs is 1. The minimum Gasteiger partial charge on any atom is -0.481 e. The first-order valence-corrected chi connectivity index (χ1v) is 10.8. The van der Waals surface area contributed by atoms with Gasteiger partial charge in [-0.2, -0.15) is 0 Å². The molecule has 0 bridgehead atoms. The third kappa shape index (κ3) is 4.88. The van der Waals surface area contributed by atoms with Gasteiger partial charge in [-0.15, -0.1) is 0 Å². The van der Waals surface area contributed by atoms with Crippen molar-refractivity contribution in [1.82, 2.24) is 4.98 Å². The van der Waals surface area contributed by atoms with E-state index in [0.717, 1.165) is 38.5 Å². The lowest BCUT2D eigenvalue weighted by Gasteiger charge is -2.51. The van der Waals surface area contributed by atoms with Crippen LogP contribution in [-0.4, -0.2) is 27.1 Å². The predicted molar refractivity (Wildman–Crippen MR) is 112 cm³/mol. The van der Waals surface area contributed by atoms with Gasteiger partial charge < -0.3 is 10.2 Å². The number of rotatable bonds is 5. The lowest BCUT2D eigenvalue weighted by molar-refractivity contribution is -0.149. The number of carboxylic acids is 2. The fraction of sp³-hybridized carbons (Fsp3) is 0.625. The standard InChI is InChI=1S/C24H33NO4/c1-16-8-11-21-17(5-3-7-20(16)18-6-4-12-25-15-18)9-10-19(13-22(26)27)24(21,2)14-23(28)29/h4,6-7,12,15-17,19,21H,3,5,8-11,13-14H2,1-2H3,(H,26,27)(H,28,29). The predicted octanol–water partition coefficient (Wildman–Crippen LogP) is 5.27. The van der Waals surface area contributed by atoms with Gasteiger partial charge in [0.25, 0.3) is 0 Å². The molecule has 0 spiro atoms. The molecule has 0 amide bonds. The van der Waals surface area contributed by atoms with E-state index in [-0.39, 0.29) is 24.7 Å². The molecule has 5 nitrogen and oxygen atoms in total. The summed E-state index contributed by atoms with van der Waals surface area (Å²) in [5, 5.41) is 19.0. The summed E-state index contributed by atoms with van der Waals surface area (Å²) in [6, 6.07) is 4.08. The van der Waals surface area contributed by atoms with Crippen molar-refractivity contribution in [2.75, 3.05) is 0 Å². The first-order chi connectivity index (χ1) is 13.8. The van der Waals surface area contributed by atoms with Crippen LogP contribution < -0.4 is 0 Å². The van der Waals surface area contributed by atoms with Crippen molar-refractivity contribution >= 4 is 17.5 Å². The third-order valence-corrected chi connectivity index (χ3v) is 7.53. The second-order valence-corrected chi connectivity index (χ2v) is 9.27. The van der Waals surface area contributed by atoms with Crippen LogP contribution in [0.4, 0.5) is 0 Å². The summed E-state index contributed by atoms with van der Waals surface area (Å²) in [5.41, 5.74) is 2.03. The first-order valence-electron chi connectivity index (χ1n) is 10.8. The topological polar surface area (TPSA) is 87.5 Å². The van der Waals surface area contributed by atoms with Crippen LogP contribution >= 0.6 is 0 Å². The summed E-state index contributed by atoms with van der Waals surface area (Å²) in [6.45, 7) is 4.29. The normalized spacial score (nSPS) is 32.8. The highest BCUT2D eigenvalue weighted by molar-refractivity contribution is 5.69. The molecular formula is C24H33NO4. The number of carbonyl (C=O) groups is 2. The van der Waals surface area contributed by atoms with Crippen LogP contribution in [0, 0.1) is 29.1 Å². The third-order valence-electron chi connectivity index (χ3n) is 7.53. The molecule has 0 radical (unpaired) electrons. The number of pyridine rings is 1. The summed E-state index contributed by atoms with van der Waals surface area (Å²) >= 11 is 0. The molecule has 1 aromatic heterocycles. The van der Waals surface area contributed by atoms with E-state index in [1.807, 2.05) is 19.2 Å². The van der Waals surface area contributed by atoms with Gasteiger partial charge in [0.1, 0.15) is 0 Å². The van der Waals surface area contributed by atoms with E-state index in [1.165, 1.54) is 11.1 Å². The zero-order valence-electron chi connectivity index (χ0n) is 17.5. The van der Waals surface area contributed by atoms with E-state index in [9.17, 15) is 19.8 Å². The van der Waals surface area contributed by atoms with Gasteiger partial charge in [0.15, 0.2) is 0 Å². The molecule has 5 unspecified atom stereocenters. The van der Waals surface area contributed by atoms with Gasteiger partial charge in [0.05, 0.1) is 6.42 Å². The van der Waals surface area contributed by atoms with Crippen LogP contribution in [0.25, 0.3) is 5.57 Å². The smallest absolute Gasteiger partial charge is 0.303 e. The Bertz CT molecular complexity index is 759. The van der Waals surface area contributed by atoms with E-state index in [1.54, 1.807) is 6.20 Å². The number of allylic oxidation sites excluding steroid dienone is 2. The fourth-order valence-electron chi connectivity index (χ4n) is 6.02. The van der Waals surface area contributed by atoms with Gasteiger partial charge >= 0.3 is 11.9 Å². The molecular weight excluding hydrogens is 366 g/mol. The van der Waals surface area contributed by atoms with Crippen LogP contribution in [0.3, 0.4) is 0 Å². The molecule has 2 aliphatic carbocycles. The van der Waals surface area contributed by atoms with Crippen LogP contribution in [0.2, 0.25) is 0 Å². The SMILES string of the molecule is CC1CCC2C(CCC=C1c1cccnc1)CCC(CC(=O)O)C2(C)CC(=O)O. The van der Waals surface area contributed by atoms with Crippen LogP contribution in [-0.2, 0) is 9.59 Å². The van der Waals surface area contributed by atoms with Gasteiger partial charge in [-0.05, 0) is 84.8 Å². The maximum absolute atomic E-state index is 11.7. The zero-order valence-corrected chi connectivity index (χ0v) is 17.5. The Kier molecular flexibility index (Phi) is 6.76. The maximum atomic E-state index is 11.7. The van der Waals surface area contributed by atoms with Gasteiger partial charge in [0.2, 0.25) is 0 Å². The Balaban J connectivity index is 1.87. The number of aliphatic carboxylic acids is 2. The van der Waals surface area contributed by atoms with E-state index < -0.39 is 17.4 Å². The molecule has 1 heterocycles. The van der Waals surface area contributed by atoms with E-state index in [2.05, 4.69) is 24.1 Å². The van der Waals surface area contributed by atoms with Gasteiger partial charge in [-0.25, -0.2) is 0 Å². The van der Waals surface area contributed by atoms with Gasteiger partial charge in [-0.3, -0.25) is 14.6 Å². The molecule has 0 aliphatic heterocycles. The second kappa shape index (κ2) is 9.10.